The third-order valence-corrected chi connectivity index (χ3v) is 7.75. The average Bonchev–Trinajstić information content (AvgIpc) is 3.59. The number of nitrogens with zero attached hydrogens (tertiary/aromatic N) is 8. The number of benzene rings is 3. The van der Waals surface area contributed by atoms with Crippen molar-refractivity contribution in [1.82, 2.24) is 0 Å². The molecule has 2 aliphatic carbocycles. The first-order chi connectivity index (χ1) is 24.2. The molecule has 0 amide bonds. The lowest BCUT2D eigenvalue weighted by Gasteiger charge is -2.14. The first-order valence-corrected chi connectivity index (χ1v) is 13.7. The second-order valence-electron chi connectivity index (χ2n) is 10.4. The summed E-state index contributed by atoms with van der Waals surface area (Å²) in [6, 6.07) is 21.3. The van der Waals surface area contributed by atoms with Crippen LogP contribution in [0.25, 0.3) is 33.4 Å². The quantitative estimate of drug-likeness (QED) is 0.195. The van der Waals surface area contributed by atoms with Crippen LogP contribution in [0.5, 0.6) is 5.75 Å². The highest BCUT2D eigenvalue weighted by atomic mass is 19.4. The van der Waals surface area contributed by atoms with Crippen molar-refractivity contribution in [3.63, 3.8) is 0 Å². The minimum Gasteiger partial charge on any atom is -0.404 e. The number of hydrogen-bond acceptors (Lipinski definition) is 9. The van der Waals surface area contributed by atoms with Gasteiger partial charge in [-0.05, 0) is 58.7 Å². The molecule has 0 fully saturated rings. The minimum atomic E-state index is -5.16. The molecule has 3 aromatic rings. The van der Waals surface area contributed by atoms with Crippen molar-refractivity contribution in [3.8, 4) is 54.3 Å². The molecule has 2 aliphatic rings. The van der Waals surface area contributed by atoms with Crippen LogP contribution in [0, 0.1) is 90.6 Å². The van der Waals surface area contributed by atoms with Gasteiger partial charge in [-0.25, -0.2) is 0 Å². The number of halogens is 6. The zero-order valence-electron chi connectivity index (χ0n) is 24.9. The molecule has 0 unspecified atom stereocenters. The van der Waals surface area contributed by atoms with E-state index in [0.717, 1.165) is 30.3 Å². The van der Waals surface area contributed by atoms with Gasteiger partial charge in [-0.1, -0.05) is 12.1 Å². The summed E-state index contributed by atoms with van der Waals surface area (Å²) >= 11 is 0. The van der Waals surface area contributed by atoms with Gasteiger partial charge in [0.05, 0.1) is 33.9 Å². The topological polar surface area (TPSA) is 200 Å². The monoisotopic (exact) mass is 682 g/mol. The van der Waals surface area contributed by atoms with Gasteiger partial charge in [0, 0.05) is 33.4 Å². The lowest BCUT2D eigenvalue weighted by Crippen LogP contribution is -2.17. The van der Waals surface area contributed by atoms with E-state index in [9.17, 15) is 68.4 Å². The van der Waals surface area contributed by atoms with Crippen molar-refractivity contribution in [2.75, 3.05) is 0 Å². The number of nitriles is 8. The first-order valence-electron chi connectivity index (χ1n) is 13.7. The Kier molecular flexibility index (Phi) is 8.40. The third kappa shape index (κ3) is 5.63. The van der Waals surface area contributed by atoms with E-state index in [1.807, 2.05) is 12.1 Å². The van der Waals surface area contributed by atoms with Crippen molar-refractivity contribution in [1.29, 1.82) is 42.1 Å². The molecule has 0 bridgehead atoms. The summed E-state index contributed by atoms with van der Waals surface area (Å²) in [6.45, 7) is 0. The molecule has 9 nitrogen and oxygen atoms in total. The fourth-order valence-corrected chi connectivity index (χ4v) is 5.84. The fraction of sp³-hybridized carbons (Fsp3) is 0.0556. The Bertz CT molecular complexity index is 2590. The number of ether oxygens (including phenoxy) is 1. The lowest BCUT2D eigenvalue weighted by molar-refractivity contribution is -0.274. The lowest BCUT2D eigenvalue weighted by atomic mass is 9.88. The maximum absolute atomic E-state index is 14.0. The van der Waals surface area contributed by atoms with Gasteiger partial charge >= 0.3 is 12.5 Å². The Hall–Kier alpha value is -8.08. The summed E-state index contributed by atoms with van der Waals surface area (Å²) in [5.41, 5.74) is -6.15. The van der Waals surface area contributed by atoms with Crippen molar-refractivity contribution < 1.29 is 31.1 Å². The Morgan fingerprint density at radius 3 is 1.37 bits per heavy atom. The minimum absolute atomic E-state index is 0.0296. The molecule has 0 N–H and O–H groups in total. The summed E-state index contributed by atoms with van der Waals surface area (Å²) in [5, 5.41) is 79.2. The van der Waals surface area contributed by atoms with Crippen LogP contribution in [0.3, 0.4) is 0 Å². The van der Waals surface area contributed by atoms with Crippen LogP contribution in [-0.2, 0) is 6.18 Å². The van der Waals surface area contributed by atoms with Gasteiger partial charge in [-0.15, -0.1) is 13.2 Å². The zero-order valence-corrected chi connectivity index (χ0v) is 24.9. The molecule has 240 valence electrons. The van der Waals surface area contributed by atoms with Gasteiger partial charge in [-0.3, -0.25) is 0 Å². The number of rotatable bonds is 3. The van der Waals surface area contributed by atoms with Crippen molar-refractivity contribution >= 4 is 33.4 Å². The molecule has 0 aliphatic heterocycles. The van der Waals surface area contributed by atoms with Crippen molar-refractivity contribution in [2.45, 2.75) is 12.5 Å². The smallest absolute Gasteiger partial charge is 0.404 e. The highest BCUT2D eigenvalue weighted by Gasteiger charge is 2.39. The van der Waals surface area contributed by atoms with Gasteiger partial charge < -0.3 is 4.74 Å². The van der Waals surface area contributed by atoms with E-state index in [2.05, 4.69) is 4.74 Å². The zero-order chi connectivity index (χ0) is 37.4. The van der Waals surface area contributed by atoms with Crippen LogP contribution in [-0.4, -0.2) is 6.36 Å². The number of alkyl halides is 6. The SMILES string of the molecule is N#CC(C#N)=C1C(c2ccc(OC(F)(F)F)c(C#N)c2)=C(C#N)c2cc3c(cc21)C(=C(C#N)C#N)C(c1ccc(C#N)c(C(F)(F)F)c1)=C3C#N. The largest absolute Gasteiger partial charge is 0.573 e. The third-order valence-electron chi connectivity index (χ3n) is 7.75. The molecule has 0 aromatic heterocycles. The van der Waals surface area contributed by atoms with Crippen LogP contribution >= 0.6 is 0 Å². The van der Waals surface area contributed by atoms with E-state index in [0.29, 0.717) is 6.07 Å². The Labute approximate surface area is 283 Å². The van der Waals surface area contributed by atoms with Crippen LogP contribution in [0.15, 0.2) is 59.7 Å². The molecule has 0 heterocycles. The second kappa shape index (κ2) is 12.5. The number of allylic oxidation sites excluding steroid dienone is 8. The molecule has 0 saturated heterocycles. The molecule has 15 heteroatoms. The molecule has 51 heavy (non-hydrogen) atoms. The van der Waals surface area contributed by atoms with E-state index in [4.69, 9.17) is 0 Å². The summed E-state index contributed by atoms with van der Waals surface area (Å²) in [7, 11) is 0. The highest BCUT2D eigenvalue weighted by Crippen LogP contribution is 2.55. The van der Waals surface area contributed by atoms with Crippen LogP contribution in [0.2, 0.25) is 0 Å². The molecule has 0 spiro atoms. The first kappa shape index (κ1) is 34.3. The molecular formula is C36H8F6N8O. The Morgan fingerprint density at radius 1 is 0.510 bits per heavy atom. The predicted molar refractivity (Wildman–Crippen MR) is 162 cm³/mol. The van der Waals surface area contributed by atoms with E-state index < -0.39 is 46.1 Å². The van der Waals surface area contributed by atoms with Gasteiger partial charge in [0.15, 0.2) is 0 Å². The standard InChI is InChI=1S/C36H8F6N8O/c37-35(38,39)29-6-18(1-2-19(29)9-43)32-28(16-50)24-7-23-25(8-26(24)34(32)22(13-47)14-48)33(21(11-45)12-46)31(27(23)15-49)17-3-4-30(20(5-17)10-44)51-36(40,41)42/h1-8H. The summed E-state index contributed by atoms with van der Waals surface area (Å²) in [6.07, 6.45) is -10.2. The van der Waals surface area contributed by atoms with E-state index in [-0.39, 0.29) is 66.8 Å². The van der Waals surface area contributed by atoms with Crippen molar-refractivity contribution in [3.05, 3.63) is 110 Å². The highest BCUT2D eigenvalue weighted by molar-refractivity contribution is 6.29. The molecule has 0 saturated carbocycles. The Morgan fingerprint density at radius 2 is 0.961 bits per heavy atom. The molecule has 5 rings (SSSR count). The van der Waals surface area contributed by atoms with E-state index >= 15 is 0 Å². The van der Waals surface area contributed by atoms with Gasteiger partial charge in [-0.2, -0.15) is 55.3 Å². The molecule has 3 aromatic carbocycles. The molecule has 0 radical (unpaired) electrons. The van der Waals surface area contributed by atoms with Gasteiger partial charge in [0.25, 0.3) is 0 Å². The maximum atomic E-state index is 14.0. The summed E-state index contributed by atoms with van der Waals surface area (Å²) in [4.78, 5) is 0. The summed E-state index contributed by atoms with van der Waals surface area (Å²) < 4.78 is 84.7. The van der Waals surface area contributed by atoms with Gasteiger partial charge in [0.2, 0.25) is 0 Å². The second-order valence-corrected chi connectivity index (χ2v) is 10.4. The number of fused-ring (bicyclic) bond motifs is 2. The molecular weight excluding hydrogens is 674 g/mol. The molecule has 0 atom stereocenters. The van der Waals surface area contributed by atoms with E-state index in [1.165, 1.54) is 18.2 Å². The van der Waals surface area contributed by atoms with Crippen LogP contribution < -0.4 is 4.74 Å². The van der Waals surface area contributed by atoms with E-state index in [1.54, 1.807) is 30.3 Å². The van der Waals surface area contributed by atoms with Crippen molar-refractivity contribution in [2.24, 2.45) is 0 Å². The van der Waals surface area contributed by atoms with Crippen LogP contribution in [0.4, 0.5) is 26.3 Å². The fourth-order valence-electron chi connectivity index (χ4n) is 5.84. The summed E-state index contributed by atoms with van der Waals surface area (Å²) in [5.74, 6) is -0.878. The normalized spacial score (nSPS) is 12.9. The number of hydrogen-bond donors (Lipinski definition) is 0. The Balaban J connectivity index is 1.90. The average molecular weight is 683 g/mol. The maximum Gasteiger partial charge on any atom is 0.573 e. The predicted octanol–water partition coefficient (Wildman–Crippen LogP) is 7.84. The van der Waals surface area contributed by atoms with Gasteiger partial charge in [0.1, 0.15) is 59.4 Å². The van der Waals surface area contributed by atoms with Crippen LogP contribution in [0.1, 0.15) is 50.1 Å².